The lowest BCUT2D eigenvalue weighted by Gasteiger charge is -2.32. The normalized spacial score (nSPS) is 14.2. The minimum absolute atomic E-state index is 0.159. The highest BCUT2D eigenvalue weighted by Crippen LogP contribution is 2.29. The Morgan fingerprint density at radius 2 is 1.51 bits per heavy atom. The van der Waals surface area contributed by atoms with Gasteiger partial charge in [0.25, 0.3) is 5.91 Å². The number of likely N-dealkylation sites (N-methyl/N-ethyl adjacent to an activating group) is 1. The Kier molecular flexibility index (Phi) is 10.3. The summed E-state index contributed by atoms with van der Waals surface area (Å²) in [7, 11) is 3.89. The van der Waals surface area contributed by atoms with E-state index in [4.69, 9.17) is 26.2 Å². The van der Waals surface area contributed by atoms with Crippen molar-refractivity contribution in [3.63, 3.8) is 0 Å². The van der Waals surface area contributed by atoms with Gasteiger partial charge in [0.2, 0.25) is 0 Å². The fourth-order valence-corrected chi connectivity index (χ4v) is 4.01. The number of carboxylic acids is 1. The Bertz CT molecular complexity index is 1260. The van der Waals surface area contributed by atoms with Gasteiger partial charge in [0, 0.05) is 54.6 Å². The van der Waals surface area contributed by atoms with Crippen LogP contribution in [-0.2, 0) is 11.3 Å². The van der Waals surface area contributed by atoms with Crippen LogP contribution in [0.1, 0.15) is 15.9 Å². The number of alkyl halides is 3. The number of carboxylic acid groups (broad SMARTS) is 1. The molecule has 4 rings (SSSR count). The van der Waals surface area contributed by atoms with Crippen LogP contribution in [0.3, 0.4) is 0 Å². The molecule has 0 unspecified atom stereocenters. The highest BCUT2D eigenvalue weighted by atomic mass is 35.5. The van der Waals surface area contributed by atoms with Gasteiger partial charge < -0.3 is 20.1 Å². The molecule has 1 amide bonds. The minimum atomic E-state index is -5.08. The van der Waals surface area contributed by atoms with Crippen LogP contribution < -0.4 is 10.1 Å². The van der Waals surface area contributed by atoms with E-state index >= 15 is 0 Å². The molecule has 208 valence electrons. The van der Waals surface area contributed by atoms with Crippen molar-refractivity contribution in [1.82, 2.24) is 9.80 Å². The summed E-state index contributed by atoms with van der Waals surface area (Å²) in [6, 6.07) is 21.1. The third-order valence-corrected chi connectivity index (χ3v) is 6.35. The smallest absolute Gasteiger partial charge is 0.490 e. The molecule has 11 heteroatoms. The highest BCUT2D eigenvalue weighted by Gasteiger charge is 2.38. The summed E-state index contributed by atoms with van der Waals surface area (Å²) in [6.07, 6.45) is -5.08. The van der Waals surface area contributed by atoms with Crippen molar-refractivity contribution in [3.05, 3.63) is 82.9 Å². The first-order valence-electron chi connectivity index (χ1n) is 12.0. The van der Waals surface area contributed by atoms with Crippen LogP contribution >= 0.6 is 11.6 Å². The second-order valence-electron chi connectivity index (χ2n) is 8.95. The zero-order valence-corrected chi connectivity index (χ0v) is 22.2. The van der Waals surface area contributed by atoms with Crippen molar-refractivity contribution in [2.75, 3.05) is 45.7 Å². The number of carbonyl (C=O) groups is 2. The maximum absolute atomic E-state index is 12.4. The van der Waals surface area contributed by atoms with Gasteiger partial charge in [-0.2, -0.15) is 13.2 Å². The van der Waals surface area contributed by atoms with E-state index in [9.17, 15) is 18.0 Å². The molecule has 7 nitrogen and oxygen atoms in total. The number of rotatable bonds is 6. The molecular formula is C28H29ClF3N3O4. The van der Waals surface area contributed by atoms with Gasteiger partial charge in [0.15, 0.2) is 0 Å². The summed E-state index contributed by atoms with van der Waals surface area (Å²) in [5, 5.41) is 10.7. The number of amides is 1. The fraction of sp³-hybridized carbons (Fsp3) is 0.286. The van der Waals surface area contributed by atoms with Crippen LogP contribution in [0.4, 0.5) is 18.9 Å². The van der Waals surface area contributed by atoms with Gasteiger partial charge in [-0.25, -0.2) is 4.79 Å². The van der Waals surface area contributed by atoms with Crippen LogP contribution in [-0.4, -0.2) is 73.3 Å². The Morgan fingerprint density at radius 1 is 0.949 bits per heavy atom. The van der Waals surface area contributed by atoms with Crippen molar-refractivity contribution < 1.29 is 32.6 Å². The quantitative estimate of drug-likeness (QED) is 0.403. The van der Waals surface area contributed by atoms with Gasteiger partial charge in [0.1, 0.15) is 5.75 Å². The van der Waals surface area contributed by atoms with Crippen LogP contribution in [0.2, 0.25) is 5.02 Å². The Hall–Kier alpha value is -3.60. The lowest BCUT2D eigenvalue weighted by Crippen LogP contribution is -2.43. The molecule has 1 aliphatic heterocycles. The second kappa shape index (κ2) is 13.5. The van der Waals surface area contributed by atoms with E-state index < -0.39 is 12.1 Å². The van der Waals surface area contributed by atoms with E-state index in [2.05, 4.69) is 34.3 Å². The van der Waals surface area contributed by atoms with Gasteiger partial charge in [-0.1, -0.05) is 29.8 Å². The standard InChI is InChI=1S/C26H28ClN3O2.C2HF3O2/c1-29-13-15-30(16-14-29)18-22-17-21(7-12-25(22)32-2)19-5-10-24(11-6-19)28-26(31)20-3-8-23(27)9-4-20;3-2(4,5)1(6)7/h3-12,17H,13-16,18H2,1-2H3,(H,28,31);(H,6,7). The number of nitrogens with one attached hydrogen (secondary N) is 1. The molecule has 0 radical (unpaired) electrons. The number of hydrogen-bond acceptors (Lipinski definition) is 5. The molecule has 1 aliphatic rings. The summed E-state index contributed by atoms with van der Waals surface area (Å²) in [4.78, 5) is 26.2. The van der Waals surface area contributed by atoms with Crippen molar-refractivity contribution in [2.24, 2.45) is 0 Å². The van der Waals surface area contributed by atoms with Gasteiger partial charge >= 0.3 is 12.1 Å². The number of halogens is 4. The van der Waals surface area contributed by atoms with E-state index in [1.165, 1.54) is 5.56 Å². The molecule has 0 atom stereocenters. The molecule has 3 aromatic carbocycles. The molecule has 1 heterocycles. The first-order chi connectivity index (χ1) is 18.5. The molecule has 2 N–H and O–H groups in total. The van der Waals surface area contributed by atoms with Crippen molar-refractivity contribution in [3.8, 4) is 16.9 Å². The van der Waals surface area contributed by atoms with Crippen molar-refractivity contribution in [1.29, 1.82) is 0 Å². The van der Waals surface area contributed by atoms with Gasteiger partial charge in [-0.3, -0.25) is 9.69 Å². The van der Waals surface area contributed by atoms with E-state index in [1.807, 2.05) is 30.3 Å². The topological polar surface area (TPSA) is 82.1 Å². The molecule has 1 saturated heterocycles. The summed E-state index contributed by atoms with van der Waals surface area (Å²) in [6.45, 7) is 5.17. The first-order valence-corrected chi connectivity index (χ1v) is 12.4. The van der Waals surface area contributed by atoms with E-state index in [0.29, 0.717) is 10.6 Å². The summed E-state index contributed by atoms with van der Waals surface area (Å²) < 4.78 is 37.4. The zero-order valence-electron chi connectivity index (χ0n) is 21.5. The Balaban J connectivity index is 0.000000532. The number of aliphatic carboxylic acids is 1. The average molecular weight is 564 g/mol. The number of anilines is 1. The molecule has 0 aliphatic carbocycles. The SMILES string of the molecule is COc1ccc(-c2ccc(NC(=O)c3ccc(Cl)cc3)cc2)cc1CN1CCN(C)CC1.O=C(O)C(F)(F)F. The van der Waals surface area contributed by atoms with Crippen LogP contribution in [0.15, 0.2) is 66.7 Å². The van der Waals surface area contributed by atoms with E-state index in [1.54, 1.807) is 31.4 Å². The molecule has 3 aromatic rings. The van der Waals surface area contributed by atoms with Crippen molar-refractivity contribution >= 4 is 29.2 Å². The minimum Gasteiger partial charge on any atom is -0.496 e. The number of carbonyl (C=O) groups excluding carboxylic acids is 1. The number of piperazine rings is 1. The largest absolute Gasteiger partial charge is 0.496 e. The molecule has 39 heavy (non-hydrogen) atoms. The van der Waals surface area contributed by atoms with E-state index in [-0.39, 0.29) is 5.91 Å². The lowest BCUT2D eigenvalue weighted by atomic mass is 10.0. The Morgan fingerprint density at radius 3 is 2.05 bits per heavy atom. The van der Waals surface area contributed by atoms with Crippen molar-refractivity contribution in [2.45, 2.75) is 12.7 Å². The molecule has 0 saturated carbocycles. The maximum atomic E-state index is 12.4. The predicted molar refractivity (Wildman–Crippen MR) is 144 cm³/mol. The first kappa shape index (κ1) is 29.9. The number of benzene rings is 3. The second-order valence-corrected chi connectivity index (χ2v) is 9.38. The van der Waals surface area contributed by atoms with Gasteiger partial charge in [-0.15, -0.1) is 0 Å². The number of nitrogens with zero attached hydrogens (tertiary/aromatic N) is 2. The highest BCUT2D eigenvalue weighted by molar-refractivity contribution is 6.30. The maximum Gasteiger partial charge on any atom is 0.490 e. The predicted octanol–water partition coefficient (Wildman–Crippen LogP) is 5.65. The van der Waals surface area contributed by atoms with Crippen LogP contribution in [0, 0.1) is 0 Å². The molecule has 1 fully saturated rings. The Labute approximate surface area is 229 Å². The third-order valence-electron chi connectivity index (χ3n) is 6.10. The number of methoxy groups -OCH3 is 1. The fourth-order valence-electron chi connectivity index (χ4n) is 3.88. The summed E-state index contributed by atoms with van der Waals surface area (Å²) in [5.41, 5.74) is 4.74. The summed E-state index contributed by atoms with van der Waals surface area (Å²) >= 11 is 5.90. The monoisotopic (exact) mass is 563 g/mol. The number of ether oxygens (including phenoxy) is 1. The van der Waals surface area contributed by atoms with Crippen LogP contribution in [0.5, 0.6) is 5.75 Å². The summed E-state index contributed by atoms with van der Waals surface area (Å²) in [5.74, 6) is -2.00. The third kappa shape index (κ3) is 8.98. The zero-order chi connectivity index (χ0) is 28.6. The molecule has 0 bridgehead atoms. The average Bonchev–Trinajstić information content (AvgIpc) is 2.90. The van der Waals surface area contributed by atoms with Gasteiger partial charge in [-0.05, 0) is 66.7 Å². The molecular weight excluding hydrogens is 535 g/mol. The lowest BCUT2D eigenvalue weighted by molar-refractivity contribution is -0.192. The molecule has 0 aromatic heterocycles. The molecule has 0 spiro atoms. The van der Waals surface area contributed by atoms with E-state index in [0.717, 1.165) is 55.3 Å². The van der Waals surface area contributed by atoms with Crippen LogP contribution in [0.25, 0.3) is 11.1 Å². The van der Waals surface area contributed by atoms with Gasteiger partial charge in [0.05, 0.1) is 7.11 Å². The number of hydrogen-bond donors (Lipinski definition) is 2.